The highest BCUT2D eigenvalue weighted by molar-refractivity contribution is 9.10. The van der Waals surface area contributed by atoms with Crippen LogP contribution >= 0.6 is 15.9 Å². The van der Waals surface area contributed by atoms with Crippen LogP contribution in [0.2, 0.25) is 0 Å². The normalized spacial score (nSPS) is 11.0. The monoisotopic (exact) mass is 418 g/mol. The number of amides is 2. The molecule has 0 bridgehead atoms. The number of hydrazine groups is 1. The molecule has 0 aliphatic carbocycles. The zero-order valence-electron chi connectivity index (χ0n) is 15.4. The van der Waals surface area contributed by atoms with Gasteiger partial charge in [-0.1, -0.05) is 18.2 Å². The minimum Gasteiger partial charge on any atom is -0.494 e. The molecule has 0 aromatic heterocycles. The number of ether oxygens (including phenoxy) is 1. The van der Waals surface area contributed by atoms with E-state index in [1.807, 2.05) is 33.8 Å². The third kappa shape index (κ3) is 4.85. The summed E-state index contributed by atoms with van der Waals surface area (Å²) in [5.74, 6) is -0.0549. The van der Waals surface area contributed by atoms with Gasteiger partial charge in [0.1, 0.15) is 5.75 Å². The Kier molecular flexibility index (Phi) is 6.42. The van der Waals surface area contributed by atoms with Crippen LogP contribution in [-0.4, -0.2) is 29.0 Å². The molecule has 0 fully saturated rings. The van der Waals surface area contributed by atoms with Gasteiger partial charge in [0.2, 0.25) is 0 Å². The summed E-state index contributed by atoms with van der Waals surface area (Å²) in [7, 11) is 0. The van der Waals surface area contributed by atoms with E-state index in [0.29, 0.717) is 28.0 Å². The molecule has 2 amide bonds. The molecular formula is C20H23BrN2O3. The van der Waals surface area contributed by atoms with Crippen molar-refractivity contribution in [1.82, 2.24) is 10.4 Å². The van der Waals surface area contributed by atoms with Gasteiger partial charge in [0.25, 0.3) is 11.8 Å². The first-order chi connectivity index (χ1) is 12.2. The van der Waals surface area contributed by atoms with E-state index in [0.717, 1.165) is 0 Å². The molecule has 0 radical (unpaired) electrons. The smallest absolute Gasteiger partial charge is 0.273 e. The lowest BCUT2D eigenvalue weighted by Crippen LogP contribution is -2.56. The SMILES string of the molecule is CCOc1cccc(C(=O)NN(C(=O)c2ccccc2Br)C(C)(C)C)c1. The molecule has 2 aromatic rings. The van der Waals surface area contributed by atoms with Crippen molar-refractivity contribution in [3.05, 3.63) is 64.1 Å². The van der Waals surface area contributed by atoms with E-state index in [2.05, 4.69) is 21.4 Å². The van der Waals surface area contributed by atoms with E-state index in [9.17, 15) is 9.59 Å². The molecule has 0 aliphatic heterocycles. The Bertz CT molecular complexity index is 800. The topological polar surface area (TPSA) is 58.6 Å². The molecular weight excluding hydrogens is 396 g/mol. The predicted molar refractivity (Wildman–Crippen MR) is 105 cm³/mol. The lowest BCUT2D eigenvalue weighted by Gasteiger charge is -2.35. The van der Waals surface area contributed by atoms with Gasteiger partial charge in [-0.15, -0.1) is 0 Å². The molecule has 0 aliphatic rings. The highest BCUT2D eigenvalue weighted by atomic mass is 79.9. The number of carbonyl (C=O) groups is 2. The Morgan fingerprint density at radius 3 is 2.42 bits per heavy atom. The van der Waals surface area contributed by atoms with Crippen molar-refractivity contribution in [2.75, 3.05) is 6.61 Å². The minimum atomic E-state index is -0.612. The van der Waals surface area contributed by atoms with Gasteiger partial charge in [0.05, 0.1) is 17.7 Å². The molecule has 6 heteroatoms. The summed E-state index contributed by atoms with van der Waals surface area (Å²) in [6, 6.07) is 14.0. The lowest BCUT2D eigenvalue weighted by molar-refractivity contribution is 0.0358. The highest BCUT2D eigenvalue weighted by Crippen LogP contribution is 2.22. The maximum absolute atomic E-state index is 13.0. The van der Waals surface area contributed by atoms with Crippen LogP contribution in [0.3, 0.4) is 0 Å². The van der Waals surface area contributed by atoms with Crippen LogP contribution in [0.1, 0.15) is 48.4 Å². The number of hydrogen-bond acceptors (Lipinski definition) is 3. The zero-order chi connectivity index (χ0) is 19.3. The average molecular weight is 419 g/mol. The maximum atomic E-state index is 13.0. The van der Waals surface area contributed by atoms with E-state index in [-0.39, 0.29) is 11.8 Å². The van der Waals surface area contributed by atoms with Crippen molar-refractivity contribution in [2.24, 2.45) is 0 Å². The summed E-state index contributed by atoms with van der Waals surface area (Å²) in [4.78, 5) is 25.7. The van der Waals surface area contributed by atoms with Crippen molar-refractivity contribution in [1.29, 1.82) is 0 Å². The Morgan fingerprint density at radius 1 is 1.12 bits per heavy atom. The van der Waals surface area contributed by atoms with Gasteiger partial charge in [-0.25, -0.2) is 5.01 Å². The number of nitrogens with one attached hydrogen (secondary N) is 1. The number of hydrogen-bond donors (Lipinski definition) is 1. The van der Waals surface area contributed by atoms with Crippen molar-refractivity contribution in [3.63, 3.8) is 0 Å². The van der Waals surface area contributed by atoms with Crippen LogP contribution in [0, 0.1) is 0 Å². The van der Waals surface area contributed by atoms with Crippen molar-refractivity contribution >= 4 is 27.7 Å². The van der Waals surface area contributed by atoms with Crippen molar-refractivity contribution in [3.8, 4) is 5.75 Å². The van der Waals surface area contributed by atoms with Gasteiger partial charge in [-0.3, -0.25) is 15.0 Å². The van der Waals surface area contributed by atoms with Gasteiger partial charge in [0, 0.05) is 10.0 Å². The lowest BCUT2D eigenvalue weighted by atomic mass is 10.1. The van der Waals surface area contributed by atoms with E-state index in [1.165, 1.54) is 5.01 Å². The van der Waals surface area contributed by atoms with Crippen molar-refractivity contribution in [2.45, 2.75) is 33.2 Å². The van der Waals surface area contributed by atoms with Crippen LogP contribution in [0.4, 0.5) is 0 Å². The first-order valence-electron chi connectivity index (χ1n) is 8.37. The summed E-state index contributed by atoms with van der Waals surface area (Å²) in [5.41, 5.74) is 3.02. The summed E-state index contributed by atoms with van der Waals surface area (Å²) in [6.07, 6.45) is 0. The average Bonchev–Trinajstić information content (AvgIpc) is 2.59. The van der Waals surface area contributed by atoms with Gasteiger partial charge < -0.3 is 4.74 Å². The van der Waals surface area contributed by atoms with Crippen LogP contribution in [0.15, 0.2) is 53.0 Å². The number of halogens is 1. The molecule has 0 saturated heterocycles. The Hall–Kier alpha value is -2.34. The third-order valence-corrected chi connectivity index (χ3v) is 4.29. The summed E-state index contributed by atoms with van der Waals surface area (Å²) >= 11 is 3.39. The van der Waals surface area contributed by atoms with E-state index in [1.54, 1.807) is 42.5 Å². The quantitative estimate of drug-likeness (QED) is 0.746. The molecule has 26 heavy (non-hydrogen) atoms. The molecule has 138 valence electrons. The molecule has 0 saturated carbocycles. The fourth-order valence-electron chi connectivity index (χ4n) is 2.34. The van der Waals surface area contributed by atoms with Gasteiger partial charge in [0.15, 0.2) is 0 Å². The predicted octanol–water partition coefficient (Wildman–Crippen LogP) is 4.43. The van der Waals surface area contributed by atoms with Gasteiger partial charge in [-0.2, -0.15) is 0 Å². The first-order valence-corrected chi connectivity index (χ1v) is 9.16. The second-order valence-electron chi connectivity index (χ2n) is 6.69. The Morgan fingerprint density at radius 2 is 1.81 bits per heavy atom. The number of nitrogens with zero attached hydrogens (tertiary/aromatic N) is 1. The second-order valence-corrected chi connectivity index (χ2v) is 7.55. The first kappa shape index (κ1) is 20.0. The van der Waals surface area contributed by atoms with Crippen LogP contribution in [0.5, 0.6) is 5.75 Å². The highest BCUT2D eigenvalue weighted by Gasteiger charge is 2.30. The number of carbonyl (C=O) groups excluding carboxylic acids is 2. The maximum Gasteiger partial charge on any atom is 0.273 e. The molecule has 5 nitrogen and oxygen atoms in total. The van der Waals surface area contributed by atoms with E-state index in [4.69, 9.17) is 4.74 Å². The fraction of sp³-hybridized carbons (Fsp3) is 0.300. The van der Waals surface area contributed by atoms with Crippen LogP contribution in [-0.2, 0) is 0 Å². The molecule has 0 atom stereocenters. The molecule has 0 heterocycles. The number of benzene rings is 2. The largest absolute Gasteiger partial charge is 0.494 e. The van der Waals surface area contributed by atoms with Crippen LogP contribution in [0.25, 0.3) is 0 Å². The van der Waals surface area contributed by atoms with Crippen molar-refractivity contribution < 1.29 is 14.3 Å². The van der Waals surface area contributed by atoms with Gasteiger partial charge in [-0.05, 0) is 74.0 Å². The second kappa shape index (κ2) is 8.36. The Balaban J connectivity index is 2.29. The summed E-state index contributed by atoms with van der Waals surface area (Å²) < 4.78 is 6.11. The summed E-state index contributed by atoms with van der Waals surface area (Å²) in [6.45, 7) is 7.97. The molecule has 0 spiro atoms. The third-order valence-electron chi connectivity index (χ3n) is 3.60. The molecule has 2 aromatic carbocycles. The zero-order valence-corrected chi connectivity index (χ0v) is 17.0. The Labute approximate surface area is 162 Å². The molecule has 2 rings (SSSR count). The van der Waals surface area contributed by atoms with Crippen LogP contribution < -0.4 is 10.2 Å². The summed E-state index contributed by atoms with van der Waals surface area (Å²) in [5, 5.41) is 1.35. The fourth-order valence-corrected chi connectivity index (χ4v) is 2.79. The minimum absolute atomic E-state index is 0.292. The molecule has 0 unspecified atom stereocenters. The number of rotatable bonds is 4. The van der Waals surface area contributed by atoms with Gasteiger partial charge >= 0.3 is 0 Å². The standard InChI is InChI=1S/C20H23BrN2O3/c1-5-26-15-10-8-9-14(13-15)18(24)22-23(20(2,3)4)19(25)16-11-6-7-12-17(16)21/h6-13H,5H2,1-4H3,(H,22,24). The van der Waals surface area contributed by atoms with E-state index >= 15 is 0 Å². The van der Waals surface area contributed by atoms with E-state index < -0.39 is 5.54 Å². The molecule has 1 N–H and O–H groups in total.